The minimum Gasteiger partial charge on any atom is -0.399 e. The molecular weight excluding hydrogens is 280 g/mol. The maximum absolute atomic E-state index is 12.7. The summed E-state index contributed by atoms with van der Waals surface area (Å²) >= 11 is 0. The molecule has 0 radical (unpaired) electrons. The zero-order chi connectivity index (χ0) is 15.7. The first-order valence-corrected chi connectivity index (χ1v) is 6.68. The lowest BCUT2D eigenvalue weighted by molar-refractivity contribution is -0.115. The van der Waals surface area contributed by atoms with Crippen LogP contribution in [-0.4, -0.2) is 21.2 Å². The van der Waals surface area contributed by atoms with E-state index in [-0.39, 0.29) is 11.8 Å². The number of hydrogen-bond donors (Lipinski definition) is 1. The molecule has 0 fully saturated rings. The number of nitrogens with two attached hydrogens (primary N) is 1. The van der Waals surface area contributed by atoms with Crippen LogP contribution in [0.2, 0.25) is 0 Å². The molecule has 6 nitrogen and oxygen atoms in total. The number of imidazole rings is 1. The third-order valence-electron chi connectivity index (χ3n) is 3.33. The maximum Gasteiger partial charge on any atom is 0.265 e. The van der Waals surface area contributed by atoms with Crippen molar-refractivity contribution in [2.24, 2.45) is 0 Å². The summed E-state index contributed by atoms with van der Waals surface area (Å²) in [6.07, 6.45) is 5.03. The third kappa shape index (κ3) is 2.42. The van der Waals surface area contributed by atoms with Gasteiger partial charge in [0.05, 0.1) is 23.7 Å². The summed E-state index contributed by atoms with van der Waals surface area (Å²) in [6.45, 7) is 1.35. The summed E-state index contributed by atoms with van der Waals surface area (Å²) in [4.78, 5) is 29.7. The highest BCUT2D eigenvalue weighted by molar-refractivity contribution is 6.20. The molecule has 1 aromatic carbocycles. The number of nitrogen functional groups attached to an aromatic ring is 1. The van der Waals surface area contributed by atoms with Crippen molar-refractivity contribution >= 4 is 28.7 Å². The fourth-order valence-corrected chi connectivity index (χ4v) is 2.25. The van der Waals surface area contributed by atoms with Crippen LogP contribution in [0.25, 0.3) is 5.52 Å². The van der Waals surface area contributed by atoms with Gasteiger partial charge in [0.15, 0.2) is 0 Å². The molecule has 0 saturated heterocycles. The number of nitrogens with zero attached hydrogens (tertiary/aromatic N) is 3. The Bertz CT molecular complexity index is 852. The van der Waals surface area contributed by atoms with Crippen LogP contribution in [0.5, 0.6) is 0 Å². The predicted octanol–water partition coefficient (Wildman–Crippen LogP) is 2.11. The first kappa shape index (κ1) is 13.8. The lowest BCUT2D eigenvalue weighted by atomic mass is 10.2. The first-order valence-electron chi connectivity index (χ1n) is 6.68. The molecule has 3 aromatic rings. The number of pyridine rings is 1. The molecule has 0 bridgehead atoms. The number of benzene rings is 1. The van der Waals surface area contributed by atoms with Gasteiger partial charge in [-0.15, -0.1) is 0 Å². The van der Waals surface area contributed by atoms with Gasteiger partial charge in [0.1, 0.15) is 0 Å². The smallest absolute Gasteiger partial charge is 0.265 e. The van der Waals surface area contributed by atoms with Gasteiger partial charge in [-0.1, -0.05) is 0 Å². The number of carbonyl (C=O) groups excluding carboxylic acids is 2. The van der Waals surface area contributed by atoms with Gasteiger partial charge in [0.2, 0.25) is 5.91 Å². The molecule has 3 rings (SSSR count). The van der Waals surface area contributed by atoms with Crippen molar-refractivity contribution in [1.29, 1.82) is 0 Å². The number of amides is 2. The van der Waals surface area contributed by atoms with E-state index in [0.717, 1.165) is 10.4 Å². The van der Waals surface area contributed by atoms with Gasteiger partial charge < -0.3 is 10.1 Å². The van der Waals surface area contributed by atoms with E-state index >= 15 is 0 Å². The SMILES string of the molecule is CC(=O)N(C(=O)c1ccn2cncc2c1)c1ccc(N)cc1. The van der Waals surface area contributed by atoms with Crippen LogP contribution in [0.3, 0.4) is 0 Å². The average molecular weight is 294 g/mol. The third-order valence-corrected chi connectivity index (χ3v) is 3.33. The fourth-order valence-electron chi connectivity index (χ4n) is 2.25. The van der Waals surface area contributed by atoms with Gasteiger partial charge in [0.25, 0.3) is 5.91 Å². The lowest BCUT2D eigenvalue weighted by Crippen LogP contribution is -2.35. The zero-order valence-electron chi connectivity index (χ0n) is 11.9. The highest BCUT2D eigenvalue weighted by Gasteiger charge is 2.22. The van der Waals surface area contributed by atoms with E-state index in [1.54, 1.807) is 59.5 Å². The Labute approximate surface area is 126 Å². The molecule has 0 atom stereocenters. The molecule has 22 heavy (non-hydrogen) atoms. The van der Waals surface area contributed by atoms with E-state index in [1.165, 1.54) is 6.92 Å². The van der Waals surface area contributed by atoms with Crippen molar-refractivity contribution in [2.75, 3.05) is 10.6 Å². The quantitative estimate of drug-likeness (QED) is 0.734. The first-order chi connectivity index (χ1) is 10.6. The van der Waals surface area contributed by atoms with Gasteiger partial charge in [-0.05, 0) is 36.4 Å². The number of fused-ring (bicyclic) bond motifs is 1. The Morgan fingerprint density at radius 3 is 2.59 bits per heavy atom. The van der Waals surface area contributed by atoms with Gasteiger partial charge >= 0.3 is 0 Å². The second-order valence-electron chi connectivity index (χ2n) is 4.89. The highest BCUT2D eigenvalue weighted by atomic mass is 16.2. The summed E-state index contributed by atoms with van der Waals surface area (Å²) in [5.41, 5.74) is 7.90. The number of carbonyl (C=O) groups is 2. The van der Waals surface area contributed by atoms with E-state index in [9.17, 15) is 9.59 Å². The molecule has 110 valence electrons. The van der Waals surface area contributed by atoms with Gasteiger partial charge in [-0.25, -0.2) is 9.88 Å². The van der Waals surface area contributed by atoms with Gasteiger partial charge in [0, 0.05) is 24.4 Å². The summed E-state index contributed by atoms with van der Waals surface area (Å²) in [7, 11) is 0. The monoisotopic (exact) mass is 294 g/mol. The van der Waals surface area contributed by atoms with Crippen molar-refractivity contribution in [1.82, 2.24) is 9.38 Å². The standard InChI is InChI=1S/C16H14N4O2/c1-11(21)20(14-4-2-13(17)3-5-14)16(22)12-6-7-19-10-18-9-15(19)8-12/h2-10H,17H2,1H3. The van der Waals surface area contributed by atoms with E-state index < -0.39 is 0 Å². The largest absolute Gasteiger partial charge is 0.399 e. The Balaban J connectivity index is 2.02. The van der Waals surface area contributed by atoms with Crippen molar-refractivity contribution in [2.45, 2.75) is 6.92 Å². The number of imide groups is 1. The molecule has 6 heteroatoms. The maximum atomic E-state index is 12.7. The normalized spacial score (nSPS) is 10.6. The lowest BCUT2D eigenvalue weighted by Gasteiger charge is -2.19. The zero-order valence-corrected chi connectivity index (χ0v) is 11.9. The average Bonchev–Trinajstić information content (AvgIpc) is 2.96. The topological polar surface area (TPSA) is 80.7 Å². The van der Waals surface area contributed by atoms with E-state index in [1.807, 2.05) is 0 Å². The van der Waals surface area contributed by atoms with Crippen molar-refractivity contribution < 1.29 is 9.59 Å². The second kappa shape index (κ2) is 5.33. The Kier molecular flexibility index (Phi) is 3.34. The number of hydrogen-bond acceptors (Lipinski definition) is 4. The van der Waals surface area contributed by atoms with E-state index in [0.29, 0.717) is 16.9 Å². The van der Waals surface area contributed by atoms with Crippen LogP contribution in [0.15, 0.2) is 55.1 Å². The molecule has 2 heterocycles. The van der Waals surface area contributed by atoms with Crippen molar-refractivity contribution in [3.05, 3.63) is 60.7 Å². The van der Waals surface area contributed by atoms with Crippen LogP contribution < -0.4 is 10.6 Å². The van der Waals surface area contributed by atoms with Gasteiger partial charge in [-0.3, -0.25) is 9.59 Å². The number of anilines is 2. The van der Waals surface area contributed by atoms with Crippen molar-refractivity contribution in [3.63, 3.8) is 0 Å². The molecule has 0 aliphatic carbocycles. The summed E-state index contributed by atoms with van der Waals surface area (Å²) in [5.74, 6) is -0.746. The van der Waals surface area contributed by atoms with E-state index in [2.05, 4.69) is 4.98 Å². The molecule has 0 aliphatic rings. The highest BCUT2D eigenvalue weighted by Crippen LogP contribution is 2.20. The Hall–Kier alpha value is -3.15. The Morgan fingerprint density at radius 1 is 1.18 bits per heavy atom. The molecule has 0 aliphatic heterocycles. The van der Waals surface area contributed by atoms with Gasteiger partial charge in [-0.2, -0.15) is 0 Å². The molecule has 2 amide bonds. The second-order valence-corrected chi connectivity index (χ2v) is 4.89. The summed E-state index contributed by atoms with van der Waals surface area (Å²) in [6, 6.07) is 9.95. The minimum absolute atomic E-state index is 0.358. The van der Waals surface area contributed by atoms with Crippen LogP contribution in [-0.2, 0) is 4.79 Å². The predicted molar refractivity (Wildman–Crippen MR) is 83.5 cm³/mol. The summed E-state index contributed by atoms with van der Waals surface area (Å²) < 4.78 is 1.79. The Morgan fingerprint density at radius 2 is 1.91 bits per heavy atom. The molecular formula is C16H14N4O2. The van der Waals surface area contributed by atoms with Crippen LogP contribution in [0.4, 0.5) is 11.4 Å². The molecule has 2 N–H and O–H groups in total. The molecule has 0 spiro atoms. The van der Waals surface area contributed by atoms with Crippen LogP contribution in [0.1, 0.15) is 17.3 Å². The fraction of sp³-hybridized carbons (Fsp3) is 0.0625. The molecule has 0 unspecified atom stereocenters. The van der Waals surface area contributed by atoms with Crippen molar-refractivity contribution in [3.8, 4) is 0 Å². The van der Waals surface area contributed by atoms with E-state index in [4.69, 9.17) is 5.73 Å². The summed E-state index contributed by atoms with van der Waals surface area (Å²) in [5, 5.41) is 0. The minimum atomic E-state index is -0.388. The van der Waals surface area contributed by atoms with Crippen LogP contribution in [0, 0.1) is 0 Å². The number of rotatable bonds is 2. The number of aromatic nitrogens is 2. The van der Waals surface area contributed by atoms with Crippen LogP contribution >= 0.6 is 0 Å². The molecule has 0 saturated carbocycles. The molecule has 2 aromatic heterocycles.